The highest BCUT2D eigenvalue weighted by atomic mass is 32.2. The van der Waals surface area contributed by atoms with Gasteiger partial charge in [0.15, 0.2) is 0 Å². The Morgan fingerprint density at radius 1 is 1.23 bits per heavy atom. The third-order valence-corrected chi connectivity index (χ3v) is 5.05. The number of ether oxygens (including phenoxy) is 1. The third-order valence-electron chi connectivity index (χ3n) is 4.01. The molecule has 6 heteroatoms. The first-order valence-corrected chi connectivity index (χ1v) is 9.09. The van der Waals surface area contributed by atoms with Crippen LogP contribution in [-0.4, -0.2) is 46.8 Å². The van der Waals surface area contributed by atoms with Gasteiger partial charge in [0.1, 0.15) is 18.6 Å². The lowest BCUT2D eigenvalue weighted by Gasteiger charge is -2.37. The van der Waals surface area contributed by atoms with E-state index in [0.717, 1.165) is 31.9 Å². The molecule has 22 heavy (non-hydrogen) atoms. The molecule has 0 spiro atoms. The highest BCUT2D eigenvalue weighted by molar-refractivity contribution is 7.92. The first kappa shape index (κ1) is 17.1. The van der Waals surface area contributed by atoms with Crippen molar-refractivity contribution in [2.75, 3.05) is 32.8 Å². The molecule has 1 aromatic rings. The van der Waals surface area contributed by atoms with Gasteiger partial charge in [-0.05, 0) is 25.5 Å². The lowest BCUT2D eigenvalue weighted by Crippen LogP contribution is -3.22. The van der Waals surface area contributed by atoms with E-state index in [1.807, 2.05) is 30.3 Å². The largest absolute Gasteiger partial charge is 0.370 e. The summed E-state index contributed by atoms with van der Waals surface area (Å²) in [5, 5.41) is 1.23. The fourth-order valence-corrected chi connectivity index (χ4v) is 3.48. The van der Waals surface area contributed by atoms with Crippen molar-refractivity contribution in [1.82, 2.24) is 4.72 Å². The molecular formula is C16H25N2O3S+. The van der Waals surface area contributed by atoms with Crippen LogP contribution in [0.25, 0.3) is 6.08 Å². The number of rotatable bonds is 6. The number of quaternary nitrogens is 1. The summed E-state index contributed by atoms with van der Waals surface area (Å²) in [7, 11) is -3.43. The second-order valence-electron chi connectivity index (χ2n) is 6.18. The molecule has 1 aromatic carbocycles. The first-order valence-electron chi connectivity index (χ1n) is 7.55. The molecular weight excluding hydrogens is 300 g/mol. The van der Waals surface area contributed by atoms with Crippen molar-refractivity contribution < 1.29 is 18.1 Å². The number of hydrogen-bond donors (Lipinski definition) is 2. The minimum absolute atomic E-state index is 0.155. The Bertz CT molecular complexity index is 591. The highest BCUT2D eigenvalue weighted by Crippen LogP contribution is 2.04. The minimum atomic E-state index is -3.43. The van der Waals surface area contributed by atoms with Gasteiger partial charge in [0, 0.05) is 5.41 Å². The van der Waals surface area contributed by atoms with Crippen LogP contribution < -0.4 is 9.62 Å². The van der Waals surface area contributed by atoms with Gasteiger partial charge in [-0.25, -0.2) is 13.1 Å². The van der Waals surface area contributed by atoms with E-state index in [1.165, 1.54) is 10.3 Å². The topological polar surface area (TPSA) is 59.8 Å². The number of hydrogen-bond acceptors (Lipinski definition) is 3. The van der Waals surface area contributed by atoms with Crippen molar-refractivity contribution >= 4 is 16.1 Å². The fourth-order valence-electron chi connectivity index (χ4n) is 2.48. The van der Waals surface area contributed by atoms with Crippen LogP contribution in [0.1, 0.15) is 19.4 Å². The molecule has 1 fully saturated rings. The predicted molar refractivity (Wildman–Crippen MR) is 88.0 cm³/mol. The van der Waals surface area contributed by atoms with Gasteiger partial charge in [-0.15, -0.1) is 0 Å². The van der Waals surface area contributed by atoms with Crippen LogP contribution in [0.3, 0.4) is 0 Å². The molecule has 122 valence electrons. The Morgan fingerprint density at radius 3 is 2.50 bits per heavy atom. The van der Waals surface area contributed by atoms with Gasteiger partial charge in [-0.2, -0.15) is 0 Å². The van der Waals surface area contributed by atoms with Gasteiger partial charge < -0.3 is 9.64 Å². The molecule has 0 amide bonds. The summed E-state index contributed by atoms with van der Waals surface area (Å²) >= 11 is 0. The van der Waals surface area contributed by atoms with Crippen LogP contribution in [0, 0.1) is 0 Å². The molecule has 1 saturated heterocycles. The van der Waals surface area contributed by atoms with E-state index in [4.69, 9.17) is 4.74 Å². The van der Waals surface area contributed by atoms with Gasteiger partial charge >= 0.3 is 0 Å². The maximum Gasteiger partial charge on any atom is 0.233 e. The molecule has 0 atom stereocenters. The summed E-state index contributed by atoms with van der Waals surface area (Å²) in [5.41, 5.74) is 0.711. The van der Waals surface area contributed by atoms with Crippen LogP contribution in [0.15, 0.2) is 35.7 Å². The van der Waals surface area contributed by atoms with Crippen molar-refractivity contribution in [3.8, 4) is 0 Å². The standard InChI is InChI=1S/C16H24N2O3S/c1-16(2,18-9-11-21-12-10-18)14-17-22(19,20)13-8-15-6-4-3-5-7-15/h3-8,13,17H,9-12,14H2,1-2H3/p+1/b13-8+. The van der Waals surface area contributed by atoms with Crippen LogP contribution in [0.4, 0.5) is 0 Å². The molecule has 0 radical (unpaired) electrons. The quantitative estimate of drug-likeness (QED) is 0.789. The molecule has 0 saturated carbocycles. The van der Waals surface area contributed by atoms with E-state index in [1.54, 1.807) is 6.08 Å². The van der Waals surface area contributed by atoms with Gasteiger partial charge in [0.25, 0.3) is 0 Å². The lowest BCUT2D eigenvalue weighted by atomic mass is 10.0. The van der Waals surface area contributed by atoms with Crippen molar-refractivity contribution in [3.05, 3.63) is 41.3 Å². The summed E-state index contributed by atoms with van der Waals surface area (Å²) in [6, 6.07) is 9.40. The SMILES string of the molecule is CC(C)(CNS(=O)(=O)/C=C/c1ccccc1)[NH+]1CCOCC1. The zero-order valence-corrected chi connectivity index (χ0v) is 14.0. The summed E-state index contributed by atoms with van der Waals surface area (Å²) < 4.78 is 32.3. The molecule has 5 nitrogen and oxygen atoms in total. The Hall–Kier alpha value is -1.21. The van der Waals surface area contributed by atoms with Gasteiger partial charge in [-0.3, -0.25) is 0 Å². The van der Waals surface area contributed by atoms with Gasteiger partial charge in [0.2, 0.25) is 10.0 Å². The van der Waals surface area contributed by atoms with Crippen molar-refractivity contribution in [2.24, 2.45) is 0 Å². The minimum Gasteiger partial charge on any atom is -0.370 e. The number of morpholine rings is 1. The van der Waals surface area contributed by atoms with Crippen LogP contribution in [0.5, 0.6) is 0 Å². The molecule has 1 aliphatic heterocycles. The molecule has 2 N–H and O–H groups in total. The lowest BCUT2D eigenvalue weighted by molar-refractivity contribution is -0.954. The summed E-state index contributed by atoms with van der Waals surface area (Å²) in [6.07, 6.45) is 1.61. The number of sulfonamides is 1. The summed E-state index contributed by atoms with van der Waals surface area (Å²) in [6.45, 7) is 7.86. The van der Waals surface area contributed by atoms with Crippen LogP contribution in [0.2, 0.25) is 0 Å². The van der Waals surface area contributed by atoms with E-state index in [-0.39, 0.29) is 5.54 Å². The van der Waals surface area contributed by atoms with E-state index < -0.39 is 10.0 Å². The van der Waals surface area contributed by atoms with Gasteiger partial charge in [0.05, 0.1) is 19.8 Å². The smallest absolute Gasteiger partial charge is 0.233 e. The molecule has 0 bridgehead atoms. The van der Waals surface area contributed by atoms with E-state index in [9.17, 15) is 8.42 Å². The zero-order valence-electron chi connectivity index (χ0n) is 13.2. The monoisotopic (exact) mass is 325 g/mol. The second kappa shape index (κ2) is 7.37. The second-order valence-corrected chi connectivity index (χ2v) is 7.83. The third kappa shape index (κ3) is 5.21. The van der Waals surface area contributed by atoms with Crippen molar-refractivity contribution in [3.63, 3.8) is 0 Å². The van der Waals surface area contributed by atoms with Crippen molar-refractivity contribution in [2.45, 2.75) is 19.4 Å². The van der Waals surface area contributed by atoms with E-state index in [0.29, 0.717) is 6.54 Å². The predicted octanol–water partition coefficient (Wildman–Crippen LogP) is 0.270. The Kier molecular flexibility index (Phi) is 5.74. The van der Waals surface area contributed by atoms with E-state index >= 15 is 0 Å². The number of benzene rings is 1. The van der Waals surface area contributed by atoms with Crippen LogP contribution in [-0.2, 0) is 14.8 Å². The maximum atomic E-state index is 12.1. The highest BCUT2D eigenvalue weighted by Gasteiger charge is 2.32. The molecule has 1 aliphatic rings. The summed E-state index contributed by atoms with van der Waals surface area (Å²) in [5.74, 6) is 0. The van der Waals surface area contributed by atoms with Gasteiger partial charge in [-0.1, -0.05) is 30.3 Å². The summed E-state index contributed by atoms with van der Waals surface area (Å²) in [4.78, 5) is 1.37. The molecule has 2 rings (SSSR count). The van der Waals surface area contributed by atoms with Crippen molar-refractivity contribution in [1.29, 1.82) is 0 Å². The Balaban J connectivity index is 1.92. The van der Waals surface area contributed by atoms with Crippen LogP contribution >= 0.6 is 0 Å². The Labute approximate surface area is 133 Å². The molecule has 0 unspecified atom stereocenters. The zero-order chi connectivity index (χ0) is 16.1. The average Bonchev–Trinajstić information content (AvgIpc) is 2.53. The maximum absolute atomic E-state index is 12.1. The molecule has 0 aliphatic carbocycles. The van der Waals surface area contributed by atoms with E-state index in [2.05, 4.69) is 18.6 Å². The normalized spacial score (nSPS) is 17.9. The molecule has 1 heterocycles. The first-order chi connectivity index (χ1) is 10.4. The molecule has 0 aromatic heterocycles. The fraction of sp³-hybridized carbons (Fsp3) is 0.500. The average molecular weight is 325 g/mol. The Morgan fingerprint density at radius 2 is 1.86 bits per heavy atom. The number of nitrogens with one attached hydrogen (secondary N) is 2.